The van der Waals surface area contributed by atoms with E-state index in [4.69, 9.17) is 5.73 Å². The largest absolute Gasteiger partial charge is 0.464 e. The number of rotatable bonds is 4. The summed E-state index contributed by atoms with van der Waals surface area (Å²) in [5.41, 5.74) is 6.20. The third-order valence-corrected chi connectivity index (χ3v) is 3.92. The van der Waals surface area contributed by atoms with Crippen LogP contribution in [-0.2, 0) is 4.74 Å². The maximum absolute atomic E-state index is 11.6. The number of nitrogens with zero attached hydrogens (tertiary/aromatic N) is 2. The zero-order chi connectivity index (χ0) is 14.0. The fourth-order valence-electron chi connectivity index (χ4n) is 2.09. The number of hydrogen-bond acceptors (Lipinski definition) is 5. The van der Waals surface area contributed by atoms with Gasteiger partial charge in [-0.25, -0.2) is 9.78 Å². The number of nitrogen functional groups attached to an aromatic ring is 1. The first kappa shape index (κ1) is 13.6. The van der Waals surface area contributed by atoms with Crippen molar-refractivity contribution in [2.45, 2.75) is 19.9 Å². The molecule has 2 aromatic rings. The van der Waals surface area contributed by atoms with Crippen molar-refractivity contribution in [3.05, 3.63) is 34.4 Å². The van der Waals surface area contributed by atoms with Crippen molar-refractivity contribution in [1.82, 2.24) is 9.55 Å². The molecule has 2 rings (SSSR count). The summed E-state index contributed by atoms with van der Waals surface area (Å²) in [4.78, 5) is 16.8. The van der Waals surface area contributed by atoms with E-state index in [1.54, 1.807) is 17.7 Å². The van der Waals surface area contributed by atoms with E-state index in [9.17, 15) is 4.79 Å². The van der Waals surface area contributed by atoms with Crippen LogP contribution in [-0.4, -0.2) is 22.6 Å². The number of carbonyl (C=O) groups excluding carboxylic acids is 1. The third-order valence-electron chi connectivity index (χ3n) is 2.98. The minimum absolute atomic E-state index is 0.0749. The number of thiophene rings is 1. The number of methoxy groups -OCH3 is 1. The Balaban J connectivity index is 2.44. The Kier molecular flexibility index (Phi) is 3.90. The summed E-state index contributed by atoms with van der Waals surface area (Å²) in [6.45, 7) is 4.23. The Labute approximate surface area is 116 Å². The predicted octanol–water partition coefficient (Wildman–Crippen LogP) is 2.56. The van der Waals surface area contributed by atoms with Crippen molar-refractivity contribution < 1.29 is 9.53 Å². The molecule has 0 bridgehead atoms. The first-order valence-corrected chi connectivity index (χ1v) is 6.88. The number of ether oxygens (including phenoxy) is 1. The fraction of sp³-hybridized carbons (Fsp3) is 0.385. The van der Waals surface area contributed by atoms with Gasteiger partial charge in [0.15, 0.2) is 5.69 Å². The van der Waals surface area contributed by atoms with Gasteiger partial charge in [-0.3, -0.25) is 0 Å². The zero-order valence-electron chi connectivity index (χ0n) is 11.2. The third kappa shape index (κ3) is 2.49. The van der Waals surface area contributed by atoms with Gasteiger partial charge in [0.25, 0.3) is 0 Å². The molecule has 0 saturated carbocycles. The van der Waals surface area contributed by atoms with Crippen LogP contribution in [0.2, 0.25) is 0 Å². The molecule has 0 radical (unpaired) electrons. The normalized spacial score (nSPS) is 12.6. The molecule has 1 atom stereocenters. The Morgan fingerprint density at radius 2 is 2.26 bits per heavy atom. The van der Waals surface area contributed by atoms with E-state index >= 15 is 0 Å². The maximum atomic E-state index is 11.6. The van der Waals surface area contributed by atoms with Gasteiger partial charge >= 0.3 is 5.97 Å². The van der Waals surface area contributed by atoms with Crippen molar-refractivity contribution in [3.63, 3.8) is 0 Å². The van der Waals surface area contributed by atoms with Gasteiger partial charge in [-0.2, -0.15) is 0 Å². The van der Waals surface area contributed by atoms with Crippen molar-refractivity contribution in [1.29, 1.82) is 0 Å². The fourth-order valence-corrected chi connectivity index (χ4v) is 3.09. The van der Waals surface area contributed by atoms with Crippen LogP contribution in [0.3, 0.4) is 0 Å². The lowest BCUT2D eigenvalue weighted by Gasteiger charge is -2.22. The molecule has 102 valence electrons. The van der Waals surface area contributed by atoms with E-state index in [2.05, 4.69) is 29.6 Å². The summed E-state index contributed by atoms with van der Waals surface area (Å²) in [6.07, 6.45) is 1.60. The van der Waals surface area contributed by atoms with Crippen molar-refractivity contribution in [2.75, 3.05) is 12.8 Å². The molecule has 0 spiro atoms. The summed E-state index contributed by atoms with van der Waals surface area (Å²) >= 11 is 1.67. The summed E-state index contributed by atoms with van der Waals surface area (Å²) in [7, 11) is 1.32. The highest BCUT2D eigenvalue weighted by Crippen LogP contribution is 2.32. The predicted molar refractivity (Wildman–Crippen MR) is 75.3 cm³/mol. The Morgan fingerprint density at radius 3 is 2.79 bits per heavy atom. The average molecular weight is 279 g/mol. The number of nitrogens with two attached hydrogens (primary N) is 1. The molecule has 2 heterocycles. The molecule has 1 unspecified atom stereocenters. The molecule has 5 nitrogen and oxygen atoms in total. The van der Waals surface area contributed by atoms with Crippen LogP contribution in [0.15, 0.2) is 23.8 Å². The van der Waals surface area contributed by atoms with Gasteiger partial charge in [0.2, 0.25) is 0 Å². The molecule has 2 N–H and O–H groups in total. The zero-order valence-corrected chi connectivity index (χ0v) is 12.0. The van der Waals surface area contributed by atoms with Gasteiger partial charge < -0.3 is 15.0 Å². The SMILES string of the molecule is COC(=O)c1ncn(C(c2cccs2)C(C)C)c1N. The number of hydrogen-bond donors (Lipinski definition) is 1. The van der Waals surface area contributed by atoms with E-state index in [0.717, 1.165) is 0 Å². The van der Waals surface area contributed by atoms with Crippen LogP contribution in [0.25, 0.3) is 0 Å². The van der Waals surface area contributed by atoms with Gasteiger partial charge in [0, 0.05) is 4.88 Å². The van der Waals surface area contributed by atoms with Crippen LogP contribution < -0.4 is 5.73 Å². The molecule has 2 aromatic heterocycles. The van der Waals surface area contributed by atoms with E-state index < -0.39 is 5.97 Å². The van der Waals surface area contributed by atoms with Gasteiger partial charge in [-0.15, -0.1) is 11.3 Å². The van der Waals surface area contributed by atoms with Crippen LogP contribution in [0.4, 0.5) is 5.82 Å². The summed E-state index contributed by atoms with van der Waals surface area (Å²) < 4.78 is 6.51. The second-order valence-electron chi connectivity index (χ2n) is 4.58. The molecule has 0 aliphatic rings. The van der Waals surface area contributed by atoms with Crippen LogP contribution in [0.1, 0.15) is 35.3 Å². The number of esters is 1. The van der Waals surface area contributed by atoms with Crippen molar-refractivity contribution >= 4 is 23.1 Å². The van der Waals surface area contributed by atoms with Crippen molar-refractivity contribution in [3.8, 4) is 0 Å². The molecule has 0 saturated heterocycles. The minimum Gasteiger partial charge on any atom is -0.464 e. The molecule has 6 heteroatoms. The molecular weight excluding hydrogens is 262 g/mol. The molecule has 0 aliphatic heterocycles. The Bertz CT molecular complexity index is 560. The molecule has 0 fully saturated rings. The highest BCUT2D eigenvalue weighted by atomic mass is 32.1. The molecule has 19 heavy (non-hydrogen) atoms. The summed E-state index contributed by atoms with van der Waals surface area (Å²) in [5, 5.41) is 2.03. The van der Waals surface area contributed by atoms with E-state index in [1.165, 1.54) is 12.0 Å². The second-order valence-corrected chi connectivity index (χ2v) is 5.56. The summed E-state index contributed by atoms with van der Waals surface area (Å²) in [6, 6.07) is 4.14. The monoisotopic (exact) mass is 279 g/mol. The van der Waals surface area contributed by atoms with Gasteiger partial charge in [-0.1, -0.05) is 19.9 Å². The van der Waals surface area contributed by atoms with Gasteiger partial charge in [0.1, 0.15) is 5.82 Å². The number of imidazole rings is 1. The Hall–Kier alpha value is -1.82. The van der Waals surface area contributed by atoms with Crippen LogP contribution in [0.5, 0.6) is 0 Å². The van der Waals surface area contributed by atoms with E-state index in [1.807, 2.05) is 16.0 Å². The molecular formula is C13H17N3O2S. The van der Waals surface area contributed by atoms with E-state index in [-0.39, 0.29) is 11.7 Å². The standard InChI is InChI=1S/C13H17N3O2S/c1-8(2)11(9-5-4-6-19-9)16-7-15-10(12(16)14)13(17)18-3/h4-8,11H,14H2,1-3H3. The lowest BCUT2D eigenvalue weighted by Crippen LogP contribution is -2.17. The lowest BCUT2D eigenvalue weighted by atomic mass is 10.0. The Morgan fingerprint density at radius 1 is 1.53 bits per heavy atom. The first-order valence-electron chi connectivity index (χ1n) is 6.00. The number of anilines is 1. The first-order chi connectivity index (χ1) is 9.06. The number of carbonyl (C=O) groups is 1. The second kappa shape index (κ2) is 5.44. The highest BCUT2D eigenvalue weighted by molar-refractivity contribution is 7.10. The number of aromatic nitrogens is 2. The summed E-state index contributed by atoms with van der Waals surface area (Å²) in [5.74, 6) is 0.171. The van der Waals surface area contributed by atoms with Crippen LogP contribution in [0, 0.1) is 5.92 Å². The smallest absolute Gasteiger partial charge is 0.360 e. The molecule has 0 amide bonds. The van der Waals surface area contributed by atoms with Gasteiger partial charge in [0.05, 0.1) is 19.5 Å². The van der Waals surface area contributed by atoms with Gasteiger partial charge in [-0.05, 0) is 17.4 Å². The quantitative estimate of drug-likeness (QED) is 0.873. The maximum Gasteiger partial charge on any atom is 0.360 e. The topological polar surface area (TPSA) is 70.1 Å². The minimum atomic E-state index is -0.509. The average Bonchev–Trinajstić information content (AvgIpc) is 3.00. The molecule has 0 aromatic carbocycles. The highest BCUT2D eigenvalue weighted by Gasteiger charge is 2.24. The van der Waals surface area contributed by atoms with E-state index in [0.29, 0.717) is 11.7 Å². The molecule has 0 aliphatic carbocycles. The van der Waals surface area contributed by atoms with Crippen LogP contribution >= 0.6 is 11.3 Å². The van der Waals surface area contributed by atoms with Crippen molar-refractivity contribution in [2.24, 2.45) is 5.92 Å². The lowest BCUT2D eigenvalue weighted by molar-refractivity contribution is 0.0596.